The zero-order chi connectivity index (χ0) is 26.0. The van der Waals surface area contributed by atoms with Crippen LogP contribution in [0.4, 0.5) is 5.69 Å². The Morgan fingerprint density at radius 2 is 1.81 bits per heavy atom. The van der Waals surface area contributed by atoms with Gasteiger partial charge >= 0.3 is 0 Å². The van der Waals surface area contributed by atoms with E-state index in [0.29, 0.717) is 30.5 Å². The predicted octanol–water partition coefficient (Wildman–Crippen LogP) is 1.99. The second kappa shape index (κ2) is 10.5. The van der Waals surface area contributed by atoms with Gasteiger partial charge in [-0.25, -0.2) is 0 Å². The van der Waals surface area contributed by atoms with Crippen LogP contribution in [0.3, 0.4) is 0 Å². The first-order valence-corrected chi connectivity index (χ1v) is 12.3. The Morgan fingerprint density at radius 3 is 2.42 bits per heavy atom. The number of carbonyl (C=O) groups excluding carboxylic acids is 4. The minimum Gasteiger partial charge on any atom is -0.378 e. The topological polar surface area (TPSA) is 103 Å². The minimum absolute atomic E-state index is 0.0354. The van der Waals surface area contributed by atoms with E-state index in [0.717, 1.165) is 5.69 Å². The number of Topliss-reactive ketones (excluding diaryl/α,β-unsaturated/α-hetero) is 1. The van der Waals surface area contributed by atoms with Crippen LogP contribution < -0.4 is 10.2 Å². The minimum atomic E-state index is -0.763. The van der Waals surface area contributed by atoms with Gasteiger partial charge in [-0.15, -0.1) is 0 Å². The first kappa shape index (κ1) is 25.3. The second-order valence-electron chi connectivity index (χ2n) is 10.1. The summed E-state index contributed by atoms with van der Waals surface area (Å²) in [4.78, 5) is 61.8. The summed E-state index contributed by atoms with van der Waals surface area (Å²) in [5.74, 6) is -0.875. The molecule has 4 rings (SSSR count). The molecular formula is C27H33N5O4. The van der Waals surface area contributed by atoms with Crippen molar-refractivity contribution in [3.8, 4) is 0 Å². The number of nitrogens with zero attached hydrogens (tertiary/aromatic N) is 4. The molecule has 2 fully saturated rings. The highest BCUT2D eigenvalue weighted by Gasteiger charge is 2.52. The Balaban J connectivity index is 1.50. The van der Waals surface area contributed by atoms with Crippen LogP contribution in [-0.4, -0.2) is 83.6 Å². The van der Waals surface area contributed by atoms with Crippen molar-refractivity contribution in [3.63, 3.8) is 0 Å². The van der Waals surface area contributed by atoms with Crippen LogP contribution in [0, 0.1) is 5.92 Å². The molecule has 2 saturated heterocycles. The molecule has 0 bridgehead atoms. The van der Waals surface area contributed by atoms with Crippen LogP contribution >= 0.6 is 0 Å². The third-order valence-electron chi connectivity index (χ3n) is 6.83. The van der Waals surface area contributed by atoms with E-state index in [4.69, 9.17) is 0 Å². The van der Waals surface area contributed by atoms with Gasteiger partial charge in [-0.3, -0.25) is 24.2 Å². The summed E-state index contributed by atoms with van der Waals surface area (Å²) < 4.78 is 0. The molecule has 1 aromatic carbocycles. The lowest BCUT2D eigenvalue weighted by Crippen LogP contribution is -2.53. The fourth-order valence-electron chi connectivity index (χ4n) is 5.04. The number of hydrogen-bond acceptors (Lipinski definition) is 6. The van der Waals surface area contributed by atoms with Crippen LogP contribution in [0.2, 0.25) is 0 Å². The first-order chi connectivity index (χ1) is 17.2. The first-order valence-electron chi connectivity index (χ1n) is 12.3. The highest BCUT2D eigenvalue weighted by Crippen LogP contribution is 2.31. The number of nitrogens with one attached hydrogen (secondary N) is 1. The van der Waals surface area contributed by atoms with Gasteiger partial charge in [0.1, 0.15) is 12.1 Å². The van der Waals surface area contributed by atoms with Crippen LogP contribution in [0.25, 0.3) is 0 Å². The average molecular weight is 492 g/mol. The Hall–Kier alpha value is -3.75. The molecule has 0 saturated carbocycles. The van der Waals surface area contributed by atoms with Crippen molar-refractivity contribution in [2.45, 2.75) is 44.8 Å². The largest absolute Gasteiger partial charge is 0.378 e. The number of ketones is 1. The van der Waals surface area contributed by atoms with Gasteiger partial charge in [0, 0.05) is 44.3 Å². The molecule has 36 heavy (non-hydrogen) atoms. The van der Waals surface area contributed by atoms with Crippen molar-refractivity contribution in [2.24, 2.45) is 5.92 Å². The fourth-order valence-corrected chi connectivity index (χ4v) is 5.04. The molecule has 1 aromatic heterocycles. The number of rotatable bonds is 7. The monoisotopic (exact) mass is 491 g/mol. The Morgan fingerprint density at radius 1 is 1.08 bits per heavy atom. The van der Waals surface area contributed by atoms with E-state index >= 15 is 0 Å². The smallest absolute Gasteiger partial charge is 0.256 e. The summed E-state index contributed by atoms with van der Waals surface area (Å²) in [6.45, 7) is 4.30. The van der Waals surface area contributed by atoms with Gasteiger partial charge in [-0.1, -0.05) is 13.8 Å². The Labute approximate surface area is 211 Å². The van der Waals surface area contributed by atoms with Crippen LogP contribution in [0.5, 0.6) is 0 Å². The van der Waals surface area contributed by atoms with Crippen molar-refractivity contribution in [1.29, 1.82) is 0 Å². The van der Waals surface area contributed by atoms with Gasteiger partial charge in [0.2, 0.25) is 5.91 Å². The molecular weight excluding hydrogens is 458 g/mol. The molecule has 190 valence electrons. The summed E-state index contributed by atoms with van der Waals surface area (Å²) in [6, 6.07) is 8.69. The Bertz CT molecular complexity index is 1130. The summed E-state index contributed by atoms with van der Waals surface area (Å²) in [7, 11) is 3.84. The molecule has 0 radical (unpaired) electrons. The van der Waals surface area contributed by atoms with E-state index < -0.39 is 12.1 Å². The number of fused-ring (bicyclic) bond motifs is 1. The molecule has 2 aliphatic rings. The summed E-state index contributed by atoms with van der Waals surface area (Å²) in [5.41, 5.74) is 1.85. The molecule has 3 atom stereocenters. The lowest BCUT2D eigenvalue weighted by Gasteiger charge is -2.29. The van der Waals surface area contributed by atoms with Gasteiger partial charge in [0.05, 0.1) is 18.2 Å². The molecule has 0 spiro atoms. The SMILES string of the molecule is CC(C)C[C@H](NC(=O)c1ccc(N(C)C)cc1)C(=O)N1CCC2C1C(=O)CN2C(=O)c1cccnc1. The number of likely N-dealkylation sites (tertiary alicyclic amines) is 2. The maximum atomic E-state index is 13.7. The molecule has 1 N–H and O–H groups in total. The highest BCUT2D eigenvalue weighted by atomic mass is 16.2. The predicted molar refractivity (Wildman–Crippen MR) is 136 cm³/mol. The zero-order valence-electron chi connectivity index (χ0n) is 21.2. The zero-order valence-corrected chi connectivity index (χ0v) is 21.2. The maximum absolute atomic E-state index is 13.7. The summed E-state index contributed by atoms with van der Waals surface area (Å²) >= 11 is 0. The van der Waals surface area contributed by atoms with Crippen molar-refractivity contribution in [2.75, 3.05) is 32.1 Å². The van der Waals surface area contributed by atoms with E-state index in [1.807, 2.05) is 45.0 Å². The van der Waals surface area contributed by atoms with Crippen molar-refractivity contribution in [1.82, 2.24) is 20.1 Å². The summed E-state index contributed by atoms with van der Waals surface area (Å²) in [6.07, 6.45) is 4.03. The lowest BCUT2D eigenvalue weighted by molar-refractivity contribution is -0.138. The number of carbonyl (C=O) groups is 4. The van der Waals surface area contributed by atoms with Crippen LogP contribution in [-0.2, 0) is 9.59 Å². The van der Waals surface area contributed by atoms with Gasteiger partial charge in [-0.2, -0.15) is 0 Å². The third kappa shape index (κ3) is 5.10. The number of aromatic nitrogens is 1. The quantitative estimate of drug-likeness (QED) is 0.636. The van der Waals surface area contributed by atoms with Gasteiger partial charge < -0.3 is 20.0 Å². The number of anilines is 1. The Kier molecular flexibility index (Phi) is 7.37. The number of amides is 3. The van der Waals surface area contributed by atoms with E-state index in [9.17, 15) is 19.2 Å². The fraction of sp³-hybridized carbons (Fsp3) is 0.444. The standard InChI is InChI=1S/C27H33N5O4/c1-17(2)14-21(29-25(34)18-7-9-20(10-8-18)30(3)4)27(36)31-13-11-22-24(31)23(33)16-32(22)26(35)19-6-5-12-28-15-19/h5-10,12,15,17,21-22,24H,11,13-14,16H2,1-4H3,(H,29,34)/t21-,22?,24?/m0/s1. The van der Waals surface area contributed by atoms with Crippen molar-refractivity contribution in [3.05, 3.63) is 59.9 Å². The summed E-state index contributed by atoms with van der Waals surface area (Å²) in [5, 5.41) is 2.90. The van der Waals surface area contributed by atoms with Gasteiger partial charge in [-0.05, 0) is 55.2 Å². The molecule has 9 nitrogen and oxygen atoms in total. The normalized spacial score (nSPS) is 19.9. The van der Waals surface area contributed by atoms with Crippen molar-refractivity contribution < 1.29 is 19.2 Å². The molecule has 2 aromatic rings. The van der Waals surface area contributed by atoms with E-state index in [2.05, 4.69) is 10.3 Å². The molecule has 3 heterocycles. The third-order valence-corrected chi connectivity index (χ3v) is 6.83. The van der Waals surface area contributed by atoms with E-state index in [1.165, 1.54) is 6.20 Å². The maximum Gasteiger partial charge on any atom is 0.256 e. The molecule has 2 unspecified atom stereocenters. The average Bonchev–Trinajstić information content (AvgIpc) is 3.44. The number of hydrogen-bond donors (Lipinski definition) is 1. The molecule has 2 aliphatic heterocycles. The van der Waals surface area contributed by atoms with E-state index in [1.54, 1.807) is 40.3 Å². The van der Waals surface area contributed by atoms with Gasteiger partial charge in [0.25, 0.3) is 11.8 Å². The molecule has 0 aliphatic carbocycles. The van der Waals surface area contributed by atoms with Crippen LogP contribution in [0.1, 0.15) is 47.4 Å². The van der Waals surface area contributed by atoms with E-state index in [-0.39, 0.29) is 42.0 Å². The lowest BCUT2D eigenvalue weighted by atomic mass is 10.0. The second-order valence-corrected chi connectivity index (χ2v) is 10.1. The molecule has 3 amide bonds. The molecule has 9 heteroatoms. The number of pyridine rings is 1. The number of benzene rings is 1. The van der Waals surface area contributed by atoms with Gasteiger partial charge in [0.15, 0.2) is 5.78 Å². The van der Waals surface area contributed by atoms with Crippen LogP contribution in [0.15, 0.2) is 48.8 Å². The van der Waals surface area contributed by atoms with Crippen molar-refractivity contribution >= 4 is 29.2 Å². The highest BCUT2D eigenvalue weighted by molar-refractivity contribution is 6.03.